The van der Waals surface area contributed by atoms with E-state index in [9.17, 15) is 0 Å². The lowest BCUT2D eigenvalue weighted by Crippen LogP contribution is -2.50. The van der Waals surface area contributed by atoms with Gasteiger partial charge < -0.3 is 9.64 Å². The summed E-state index contributed by atoms with van der Waals surface area (Å²) in [6.07, 6.45) is 10.1. The van der Waals surface area contributed by atoms with Gasteiger partial charge in [-0.2, -0.15) is 5.10 Å². The smallest absolute Gasteiger partial charge is 0.225 e. The van der Waals surface area contributed by atoms with Crippen molar-refractivity contribution >= 4 is 5.95 Å². The summed E-state index contributed by atoms with van der Waals surface area (Å²) in [5, 5.41) is 4.29. The summed E-state index contributed by atoms with van der Waals surface area (Å²) < 4.78 is 7.88. The second-order valence-electron chi connectivity index (χ2n) is 7.36. The predicted octanol–water partition coefficient (Wildman–Crippen LogP) is 1.33. The second-order valence-corrected chi connectivity index (χ2v) is 7.36. The molecule has 25 heavy (non-hydrogen) atoms. The molecule has 2 saturated heterocycles. The van der Waals surface area contributed by atoms with Crippen LogP contribution in [0.1, 0.15) is 18.4 Å². The molecule has 0 amide bonds. The lowest BCUT2D eigenvalue weighted by Gasteiger charge is -2.43. The second kappa shape index (κ2) is 7.09. The summed E-state index contributed by atoms with van der Waals surface area (Å²) >= 11 is 0. The number of piperidine rings is 1. The van der Waals surface area contributed by atoms with E-state index in [0.717, 1.165) is 51.9 Å². The topological polar surface area (TPSA) is 59.3 Å². The minimum Gasteiger partial charge on any atom is -0.379 e. The Hall–Kier alpha value is -1.99. The number of aromatic nitrogens is 4. The van der Waals surface area contributed by atoms with Crippen LogP contribution in [0.2, 0.25) is 0 Å². The molecule has 0 N–H and O–H groups in total. The number of rotatable bonds is 3. The molecule has 1 atom stereocenters. The number of likely N-dealkylation sites (tertiary alicyclic amines) is 1. The van der Waals surface area contributed by atoms with Gasteiger partial charge in [-0.1, -0.05) is 0 Å². The van der Waals surface area contributed by atoms with Crippen molar-refractivity contribution in [1.29, 1.82) is 0 Å². The predicted molar refractivity (Wildman–Crippen MR) is 95.2 cm³/mol. The van der Waals surface area contributed by atoms with Crippen LogP contribution in [0.3, 0.4) is 0 Å². The summed E-state index contributed by atoms with van der Waals surface area (Å²) in [6.45, 7) is 6.51. The van der Waals surface area contributed by atoms with Gasteiger partial charge in [0.05, 0.1) is 19.4 Å². The minimum absolute atomic E-state index is 0.149. The fraction of sp³-hybridized carbons (Fsp3) is 0.611. The molecule has 0 aliphatic carbocycles. The molecule has 4 rings (SSSR count). The molecular weight excluding hydrogens is 316 g/mol. The summed E-state index contributed by atoms with van der Waals surface area (Å²) in [5.74, 6) is 0.816. The van der Waals surface area contributed by atoms with Crippen LogP contribution in [0.5, 0.6) is 0 Å². The molecule has 1 spiro atoms. The number of nitrogens with zero attached hydrogens (tertiary/aromatic N) is 6. The van der Waals surface area contributed by atoms with Gasteiger partial charge in [-0.25, -0.2) is 9.97 Å². The van der Waals surface area contributed by atoms with Crippen molar-refractivity contribution < 1.29 is 4.74 Å². The monoisotopic (exact) mass is 342 g/mol. The number of hydrogen-bond donors (Lipinski definition) is 0. The number of anilines is 1. The zero-order valence-corrected chi connectivity index (χ0v) is 14.8. The van der Waals surface area contributed by atoms with Gasteiger partial charge in [0.25, 0.3) is 0 Å². The fourth-order valence-electron chi connectivity index (χ4n) is 4.12. The van der Waals surface area contributed by atoms with Crippen molar-refractivity contribution in [2.75, 3.05) is 44.3 Å². The Bertz CT molecular complexity index is 690. The molecule has 1 unspecified atom stereocenters. The van der Waals surface area contributed by atoms with Gasteiger partial charge in [0, 0.05) is 62.8 Å². The fourth-order valence-corrected chi connectivity index (χ4v) is 4.12. The van der Waals surface area contributed by atoms with Crippen LogP contribution in [0.25, 0.3) is 0 Å². The van der Waals surface area contributed by atoms with Crippen molar-refractivity contribution in [2.24, 2.45) is 12.5 Å². The maximum absolute atomic E-state index is 6.00. The van der Waals surface area contributed by atoms with Crippen molar-refractivity contribution in [3.63, 3.8) is 0 Å². The van der Waals surface area contributed by atoms with Crippen LogP contribution < -0.4 is 4.90 Å². The Morgan fingerprint density at radius 2 is 2.08 bits per heavy atom. The van der Waals surface area contributed by atoms with E-state index in [2.05, 4.69) is 31.1 Å². The molecule has 0 radical (unpaired) electrons. The Balaban J connectivity index is 1.48. The molecule has 2 fully saturated rings. The summed E-state index contributed by atoms with van der Waals surface area (Å²) in [5.41, 5.74) is 1.42. The lowest BCUT2D eigenvalue weighted by atomic mass is 9.80. The van der Waals surface area contributed by atoms with Crippen LogP contribution in [-0.4, -0.2) is 64.0 Å². The molecule has 2 aliphatic rings. The normalized spacial score (nSPS) is 25.2. The van der Waals surface area contributed by atoms with E-state index in [-0.39, 0.29) is 5.41 Å². The maximum Gasteiger partial charge on any atom is 0.225 e. The first-order valence-corrected chi connectivity index (χ1v) is 9.02. The molecule has 2 aromatic heterocycles. The van der Waals surface area contributed by atoms with E-state index in [0.29, 0.717) is 0 Å². The zero-order valence-electron chi connectivity index (χ0n) is 14.8. The van der Waals surface area contributed by atoms with E-state index in [1.165, 1.54) is 18.4 Å². The summed E-state index contributed by atoms with van der Waals surface area (Å²) in [7, 11) is 1.97. The Kier molecular flexibility index (Phi) is 4.67. The van der Waals surface area contributed by atoms with E-state index < -0.39 is 0 Å². The third kappa shape index (κ3) is 3.82. The van der Waals surface area contributed by atoms with Gasteiger partial charge in [0.15, 0.2) is 0 Å². The molecule has 0 aromatic carbocycles. The van der Waals surface area contributed by atoms with Gasteiger partial charge in [0.2, 0.25) is 5.95 Å². The van der Waals surface area contributed by atoms with E-state index >= 15 is 0 Å². The van der Waals surface area contributed by atoms with Crippen molar-refractivity contribution in [1.82, 2.24) is 24.6 Å². The number of ether oxygens (including phenoxy) is 1. The molecule has 7 heteroatoms. The van der Waals surface area contributed by atoms with Gasteiger partial charge in [-0.15, -0.1) is 0 Å². The quantitative estimate of drug-likeness (QED) is 0.839. The zero-order chi connectivity index (χ0) is 17.1. The third-order valence-electron chi connectivity index (χ3n) is 5.18. The highest BCUT2D eigenvalue weighted by atomic mass is 16.5. The first-order chi connectivity index (χ1) is 12.2. The molecule has 7 nitrogen and oxygen atoms in total. The SMILES string of the molecule is Cn1cc(CN2CCCC3(COCCN(c4ncccn4)C3)C2)cn1. The Labute approximate surface area is 148 Å². The Morgan fingerprint density at radius 1 is 1.20 bits per heavy atom. The van der Waals surface area contributed by atoms with Gasteiger partial charge >= 0.3 is 0 Å². The van der Waals surface area contributed by atoms with Crippen molar-refractivity contribution in [3.05, 3.63) is 36.4 Å². The molecule has 4 heterocycles. The highest BCUT2D eigenvalue weighted by molar-refractivity contribution is 5.29. The van der Waals surface area contributed by atoms with Crippen molar-refractivity contribution in [2.45, 2.75) is 19.4 Å². The number of hydrogen-bond acceptors (Lipinski definition) is 6. The highest BCUT2D eigenvalue weighted by Gasteiger charge is 2.39. The van der Waals surface area contributed by atoms with Crippen LogP contribution >= 0.6 is 0 Å². The van der Waals surface area contributed by atoms with E-state index in [1.54, 1.807) is 0 Å². The first-order valence-electron chi connectivity index (χ1n) is 9.02. The first kappa shape index (κ1) is 16.5. The third-order valence-corrected chi connectivity index (χ3v) is 5.18. The van der Waals surface area contributed by atoms with Crippen LogP contribution in [0.4, 0.5) is 5.95 Å². The largest absolute Gasteiger partial charge is 0.379 e. The molecule has 0 saturated carbocycles. The van der Waals surface area contributed by atoms with Gasteiger partial charge in [-0.05, 0) is 25.5 Å². The average Bonchev–Trinajstić information content (AvgIpc) is 2.92. The summed E-state index contributed by atoms with van der Waals surface area (Å²) in [6, 6.07) is 1.86. The van der Waals surface area contributed by atoms with Crippen molar-refractivity contribution in [3.8, 4) is 0 Å². The number of aryl methyl sites for hydroxylation is 1. The van der Waals surface area contributed by atoms with E-state index in [4.69, 9.17) is 4.74 Å². The molecule has 0 bridgehead atoms. The Morgan fingerprint density at radius 3 is 2.88 bits per heavy atom. The average molecular weight is 342 g/mol. The highest BCUT2D eigenvalue weighted by Crippen LogP contribution is 2.34. The molecular formula is C18H26N6O. The van der Waals surface area contributed by atoms with Gasteiger partial charge in [0.1, 0.15) is 0 Å². The minimum atomic E-state index is 0.149. The molecule has 2 aliphatic heterocycles. The molecule has 2 aromatic rings. The van der Waals surface area contributed by atoms with Crippen LogP contribution in [-0.2, 0) is 18.3 Å². The molecule has 134 valence electrons. The van der Waals surface area contributed by atoms with Crippen LogP contribution in [0, 0.1) is 5.41 Å². The van der Waals surface area contributed by atoms with Gasteiger partial charge in [-0.3, -0.25) is 9.58 Å². The van der Waals surface area contributed by atoms with E-state index in [1.807, 2.05) is 36.4 Å². The summed E-state index contributed by atoms with van der Waals surface area (Å²) in [4.78, 5) is 13.7. The van der Waals surface area contributed by atoms with Crippen LogP contribution in [0.15, 0.2) is 30.9 Å². The standard InChI is InChI=1S/C18H26N6O/c1-22-11-16(10-21-22)12-23-7-2-4-18(13-23)14-24(8-9-25-15-18)17-19-5-3-6-20-17/h3,5-6,10-11H,2,4,7-9,12-15H2,1H3. The lowest BCUT2D eigenvalue weighted by molar-refractivity contribution is 0.0106. The maximum atomic E-state index is 6.00.